The van der Waals surface area contributed by atoms with Crippen LogP contribution in [0.15, 0.2) is 51.5 Å². The summed E-state index contributed by atoms with van der Waals surface area (Å²) in [6, 6.07) is 13.4. The van der Waals surface area contributed by atoms with Gasteiger partial charge in [0, 0.05) is 21.1 Å². The van der Waals surface area contributed by atoms with Gasteiger partial charge in [-0.15, -0.1) is 0 Å². The molecule has 3 rings (SSSR count). The van der Waals surface area contributed by atoms with Crippen LogP contribution in [0.1, 0.15) is 0 Å². The average Bonchev–Trinajstić information content (AvgIpc) is 2.73. The van der Waals surface area contributed by atoms with Gasteiger partial charge >= 0.3 is 0 Å². The maximum Gasteiger partial charge on any atom is 0.174 e. The summed E-state index contributed by atoms with van der Waals surface area (Å²) in [5.74, 6) is 0.771. The summed E-state index contributed by atoms with van der Waals surface area (Å²) in [4.78, 5) is 0. The van der Waals surface area contributed by atoms with E-state index in [1.807, 2.05) is 42.5 Å². The normalized spacial score (nSPS) is 10.9. The molecule has 0 radical (unpaired) electrons. The minimum absolute atomic E-state index is 0.736. The van der Waals surface area contributed by atoms with Gasteiger partial charge in [-0.05, 0) is 42.5 Å². The van der Waals surface area contributed by atoms with E-state index in [1.54, 1.807) is 0 Å². The lowest BCUT2D eigenvalue weighted by molar-refractivity contribution is 0.441. The van der Waals surface area contributed by atoms with Crippen LogP contribution in [0.4, 0.5) is 5.69 Å². The largest absolute Gasteiger partial charge is 0.399 e. The van der Waals surface area contributed by atoms with Crippen LogP contribution in [0, 0.1) is 0 Å². The highest BCUT2D eigenvalue weighted by Gasteiger charge is 2.10. The number of hydrogen-bond acceptors (Lipinski definition) is 3. The van der Waals surface area contributed by atoms with Crippen LogP contribution < -0.4 is 5.73 Å². The lowest BCUT2D eigenvalue weighted by atomic mass is 10.1. The highest BCUT2D eigenvalue weighted by Crippen LogP contribution is 2.30. The predicted octanol–water partition coefficient (Wildman–Crippen LogP) is 3.84. The Balaban J connectivity index is 2.21. The molecule has 0 fully saturated rings. The van der Waals surface area contributed by atoms with Gasteiger partial charge in [-0.1, -0.05) is 21.1 Å². The second-order valence-corrected chi connectivity index (χ2v) is 4.71. The van der Waals surface area contributed by atoms with Crippen molar-refractivity contribution in [2.75, 3.05) is 5.73 Å². The molecule has 84 valence electrons. The molecule has 0 saturated carbocycles. The standard InChI is InChI=1S/C13H9BrN2O/c14-9-3-6-11-12(7-9)16-17-13(11)8-1-4-10(15)5-2-8/h1-7H,15H2. The Morgan fingerprint density at radius 3 is 2.59 bits per heavy atom. The molecule has 1 aromatic heterocycles. The van der Waals surface area contributed by atoms with Gasteiger partial charge < -0.3 is 10.3 Å². The molecule has 2 N–H and O–H groups in total. The molecular weight excluding hydrogens is 280 g/mol. The molecule has 0 aliphatic rings. The number of hydrogen-bond donors (Lipinski definition) is 1. The molecule has 0 spiro atoms. The third-order valence-corrected chi connectivity index (χ3v) is 3.11. The summed E-state index contributed by atoms with van der Waals surface area (Å²) < 4.78 is 6.37. The first-order valence-corrected chi connectivity index (χ1v) is 5.94. The zero-order chi connectivity index (χ0) is 11.8. The second-order valence-electron chi connectivity index (χ2n) is 3.80. The van der Waals surface area contributed by atoms with E-state index < -0.39 is 0 Å². The number of aromatic nitrogens is 1. The van der Waals surface area contributed by atoms with Crippen LogP contribution >= 0.6 is 15.9 Å². The van der Waals surface area contributed by atoms with Gasteiger partial charge in [0.15, 0.2) is 5.76 Å². The summed E-state index contributed by atoms with van der Waals surface area (Å²) in [6.07, 6.45) is 0. The quantitative estimate of drug-likeness (QED) is 0.692. The molecule has 1 heterocycles. The van der Waals surface area contributed by atoms with Crippen molar-refractivity contribution < 1.29 is 4.52 Å². The zero-order valence-electron chi connectivity index (χ0n) is 8.85. The van der Waals surface area contributed by atoms with Gasteiger partial charge in [0.2, 0.25) is 0 Å². The van der Waals surface area contributed by atoms with Gasteiger partial charge in [-0.2, -0.15) is 0 Å². The molecule has 0 amide bonds. The molecule has 0 saturated heterocycles. The summed E-state index contributed by atoms with van der Waals surface area (Å²) in [5, 5.41) is 5.04. The summed E-state index contributed by atoms with van der Waals surface area (Å²) in [6.45, 7) is 0. The highest BCUT2D eigenvalue weighted by molar-refractivity contribution is 9.10. The third kappa shape index (κ3) is 1.80. The zero-order valence-corrected chi connectivity index (χ0v) is 10.4. The van der Waals surface area contributed by atoms with Crippen LogP contribution in [0.25, 0.3) is 22.2 Å². The molecule has 0 atom stereocenters. The lowest BCUT2D eigenvalue weighted by Gasteiger charge is -1.97. The van der Waals surface area contributed by atoms with Crippen LogP contribution in [-0.4, -0.2) is 5.16 Å². The van der Waals surface area contributed by atoms with Crippen molar-refractivity contribution in [2.24, 2.45) is 0 Å². The second kappa shape index (κ2) is 3.89. The molecule has 4 heteroatoms. The number of benzene rings is 2. The van der Waals surface area contributed by atoms with E-state index in [0.717, 1.165) is 32.4 Å². The summed E-state index contributed by atoms with van der Waals surface area (Å²) >= 11 is 3.41. The van der Waals surface area contributed by atoms with E-state index in [-0.39, 0.29) is 0 Å². The number of fused-ring (bicyclic) bond motifs is 1. The Kier molecular flexibility index (Phi) is 2.37. The van der Waals surface area contributed by atoms with E-state index >= 15 is 0 Å². The first-order chi connectivity index (χ1) is 8.24. The lowest BCUT2D eigenvalue weighted by Crippen LogP contribution is -1.83. The molecule has 0 aliphatic heterocycles. The Morgan fingerprint density at radius 2 is 1.82 bits per heavy atom. The first-order valence-electron chi connectivity index (χ1n) is 5.15. The van der Waals surface area contributed by atoms with E-state index in [9.17, 15) is 0 Å². The van der Waals surface area contributed by atoms with Crippen LogP contribution in [0.5, 0.6) is 0 Å². The molecule has 0 unspecified atom stereocenters. The third-order valence-electron chi connectivity index (χ3n) is 2.61. The predicted molar refractivity (Wildman–Crippen MR) is 71.6 cm³/mol. The van der Waals surface area contributed by atoms with Crippen LogP contribution in [-0.2, 0) is 0 Å². The summed E-state index contributed by atoms with van der Waals surface area (Å²) in [5.41, 5.74) is 8.21. The molecule has 0 bridgehead atoms. The topological polar surface area (TPSA) is 52.0 Å². The van der Waals surface area contributed by atoms with Crippen molar-refractivity contribution in [2.45, 2.75) is 0 Å². The molecule has 17 heavy (non-hydrogen) atoms. The van der Waals surface area contributed by atoms with Crippen LogP contribution in [0.3, 0.4) is 0 Å². The van der Waals surface area contributed by atoms with Gasteiger partial charge in [-0.25, -0.2) is 0 Å². The molecule has 0 aliphatic carbocycles. The van der Waals surface area contributed by atoms with Gasteiger partial charge in [0.1, 0.15) is 5.52 Å². The number of anilines is 1. The first kappa shape index (κ1) is 10.4. The summed E-state index contributed by atoms with van der Waals surface area (Å²) in [7, 11) is 0. The average molecular weight is 289 g/mol. The molecule has 3 nitrogen and oxygen atoms in total. The van der Waals surface area contributed by atoms with Crippen molar-refractivity contribution in [3.63, 3.8) is 0 Å². The Bertz CT molecular complexity index is 673. The maximum absolute atomic E-state index is 5.66. The monoisotopic (exact) mass is 288 g/mol. The van der Waals surface area contributed by atoms with E-state index in [4.69, 9.17) is 10.3 Å². The van der Waals surface area contributed by atoms with Crippen LogP contribution in [0.2, 0.25) is 0 Å². The number of halogens is 1. The fourth-order valence-electron chi connectivity index (χ4n) is 1.76. The Labute approximate surface area is 106 Å². The maximum atomic E-state index is 5.66. The molecule has 2 aromatic carbocycles. The van der Waals surface area contributed by atoms with E-state index in [2.05, 4.69) is 21.1 Å². The van der Waals surface area contributed by atoms with Gasteiger partial charge in [0.25, 0.3) is 0 Å². The fourth-order valence-corrected chi connectivity index (χ4v) is 2.11. The number of rotatable bonds is 1. The van der Waals surface area contributed by atoms with Gasteiger partial charge in [0.05, 0.1) is 0 Å². The SMILES string of the molecule is Nc1ccc(-c2onc3cc(Br)ccc23)cc1. The van der Waals surface area contributed by atoms with Crippen molar-refractivity contribution in [3.8, 4) is 11.3 Å². The van der Waals surface area contributed by atoms with Crippen molar-refractivity contribution in [3.05, 3.63) is 46.9 Å². The number of nitrogen functional groups attached to an aromatic ring is 1. The Hall–Kier alpha value is -1.81. The smallest absolute Gasteiger partial charge is 0.174 e. The molecular formula is C13H9BrN2O. The number of nitrogens with two attached hydrogens (primary N) is 1. The van der Waals surface area contributed by atoms with Crippen molar-refractivity contribution in [1.29, 1.82) is 0 Å². The number of nitrogens with zero attached hydrogens (tertiary/aromatic N) is 1. The van der Waals surface area contributed by atoms with Crippen molar-refractivity contribution >= 4 is 32.5 Å². The van der Waals surface area contributed by atoms with E-state index in [1.165, 1.54) is 0 Å². The molecule has 3 aromatic rings. The fraction of sp³-hybridized carbons (Fsp3) is 0. The van der Waals surface area contributed by atoms with E-state index in [0.29, 0.717) is 0 Å². The minimum atomic E-state index is 0.736. The van der Waals surface area contributed by atoms with Crippen molar-refractivity contribution in [1.82, 2.24) is 5.16 Å². The Morgan fingerprint density at radius 1 is 1.06 bits per heavy atom. The highest BCUT2D eigenvalue weighted by atomic mass is 79.9. The van der Waals surface area contributed by atoms with Gasteiger partial charge in [-0.3, -0.25) is 0 Å². The minimum Gasteiger partial charge on any atom is -0.399 e.